The Kier molecular flexibility index (Phi) is 2.85. The Morgan fingerprint density at radius 2 is 2.33 bits per heavy atom. The fourth-order valence-corrected chi connectivity index (χ4v) is 2.54. The molecule has 0 bridgehead atoms. The molecule has 2 heterocycles. The molecule has 0 saturated heterocycles. The van der Waals surface area contributed by atoms with Gasteiger partial charge in [0.1, 0.15) is 5.52 Å². The molecule has 0 saturated carbocycles. The molecular formula is C12H13N5S. The lowest BCUT2D eigenvalue weighted by Gasteiger charge is -2.09. The van der Waals surface area contributed by atoms with Crippen LogP contribution in [0.15, 0.2) is 36.4 Å². The van der Waals surface area contributed by atoms with Crippen LogP contribution in [0.3, 0.4) is 0 Å². The third kappa shape index (κ3) is 2.02. The molecule has 3 rings (SSSR count). The summed E-state index contributed by atoms with van der Waals surface area (Å²) in [6.07, 6.45) is 5.51. The number of benzene rings is 1. The highest BCUT2D eigenvalue weighted by Crippen LogP contribution is 2.29. The van der Waals surface area contributed by atoms with Gasteiger partial charge in [-0.15, -0.1) is 11.3 Å². The Labute approximate surface area is 108 Å². The number of nitrogens with zero attached hydrogens (tertiary/aromatic N) is 3. The zero-order chi connectivity index (χ0) is 12.4. The average molecular weight is 259 g/mol. The van der Waals surface area contributed by atoms with E-state index in [9.17, 15) is 0 Å². The van der Waals surface area contributed by atoms with Crippen molar-refractivity contribution in [3.8, 4) is 0 Å². The van der Waals surface area contributed by atoms with Crippen molar-refractivity contribution in [2.75, 3.05) is 17.6 Å². The van der Waals surface area contributed by atoms with E-state index in [0.29, 0.717) is 0 Å². The second kappa shape index (κ2) is 4.66. The number of nitrogens with one attached hydrogen (secondary N) is 1. The van der Waals surface area contributed by atoms with Crippen molar-refractivity contribution in [3.05, 3.63) is 36.4 Å². The van der Waals surface area contributed by atoms with Gasteiger partial charge in [0.25, 0.3) is 0 Å². The minimum Gasteiger partial charge on any atom is -0.395 e. The smallest absolute Gasteiger partial charge is 0.106 e. The van der Waals surface area contributed by atoms with Gasteiger partial charge in [0.15, 0.2) is 0 Å². The first-order valence-corrected chi connectivity index (χ1v) is 6.54. The molecule has 5 nitrogen and oxygen atoms in total. The number of rotatable bonds is 4. The van der Waals surface area contributed by atoms with E-state index in [2.05, 4.69) is 15.3 Å². The van der Waals surface area contributed by atoms with Gasteiger partial charge in [-0.1, -0.05) is 0 Å². The molecule has 2 aromatic heterocycles. The van der Waals surface area contributed by atoms with Crippen LogP contribution < -0.4 is 11.1 Å². The van der Waals surface area contributed by atoms with E-state index in [-0.39, 0.29) is 0 Å². The SMILES string of the molecule is Nc1c(NCCn2ccnc2)ccc2scnc12. The number of nitrogens with two attached hydrogens (primary N) is 1. The Balaban J connectivity index is 1.72. The van der Waals surface area contributed by atoms with Crippen LogP contribution in [0.1, 0.15) is 0 Å². The second-order valence-corrected chi connectivity index (χ2v) is 4.84. The lowest BCUT2D eigenvalue weighted by atomic mass is 10.2. The number of aromatic nitrogens is 3. The Bertz CT molecular complexity index is 644. The van der Waals surface area contributed by atoms with Gasteiger partial charge in [0, 0.05) is 25.5 Å². The molecule has 0 fully saturated rings. The first-order valence-electron chi connectivity index (χ1n) is 5.66. The first-order chi connectivity index (χ1) is 8.84. The van der Waals surface area contributed by atoms with Gasteiger partial charge in [0.05, 0.1) is 27.9 Å². The number of fused-ring (bicyclic) bond motifs is 1. The number of nitrogen functional groups attached to an aromatic ring is 1. The van der Waals surface area contributed by atoms with Crippen LogP contribution in [0.5, 0.6) is 0 Å². The molecule has 0 amide bonds. The molecule has 0 aliphatic heterocycles. The van der Waals surface area contributed by atoms with Crippen LogP contribution in [0, 0.1) is 0 Å². The lowest BCUT2D eigenvalue weighted by molar-refractivity contribution is 0.727. The zero-order valence-electron chi connectivity index (χ0n) is 9.71. The average Bonchev–Trinajstić information content (AvgIpc) is 3.02. The molecular weight excluding hydrogens is 246 g/mol. The van der Waals surface area contributed by atoms with Gasteiger partial charge >= 0.3 is 0 Å². The third-order valence-corrected chi connectivity index (χ3v) is 3.58. The molecule has 0 radical (unpaired) electrons. The van der Waals surface area contributed by atoms with Crippen molar-refractivity contribution in [1.29, 1.82) is 0 Å². The van der Waals surface area contributed by atoms with Gasteiger partial charge < -0.3 is 15.6 Å². The molecule has 6 heteroatoms. The fraction of sp³-hybridized carbons (Fsp3) is 0.167. The summed E-state index contributed by atoms with van der Waals surface area (Å²) in [6.45, 7) is 1.66. The first kappa shape index (κ1) is 11.0. The molecule has 0 unspecified atom stereocenters. The number of thiazole rings is 1. The van der Waals surface area contributed by atoms with Gasteiger partial charge in [0.2, 0.25) is 0 Å². The van der Waals surface area contributed by atoms with E-state index in [1.165, 1.54) is 0 Å². The summed E-state index contributed by atoms with van der Waals surface area (Å²) >= 11 is 1.60. The number of imidazole rings is 1. The Morgan fingerprint density at radius 3 is 3.17 bits per heavy atom. The van der Waals surface area contributed by atoms with Crippen LogP contribution in [0.25, 0.3) is 10.2 Å². The molecule has 92 valence electrons. The van der Waals surface area contributed by atoms with Crippen molar-refractivity contribution in [2.45, 2.75) is 6.54 Å². The van der Waals surface area contributed by atoms with Gasteiger partial charge in [-0.2, -0.15) is 0 Å². The lowest BCUT2D eigenvalue weighted by Crippen LogP contribution is -2.10. The molecule has 3 N–H and O–H groups in total. The number of anilines is 2. The topological polar surface area (TPSA) is 68.8 Å². The van der Waals surface area contributed by atoms with Crippen molar-refractivity contribution in [3.63, 3.8) is 0 Å². The molecule has 0 spiro atoms. The summed E-state index contributed by atoms with van der Waals surface area (Å²) in [4.78, 5) is 8.28. The van der Waals surface area contributed by atoms with E-state index in [1.807, 2.05) is 28.4 Å². The third-order valence-electron chi connectivity index (χ3n) is 2.79. The molecule has 0 aliphatic carbocycles. The van der Waals surface area contributed by atoms with Gasteiger partial charge in [-0.25, -0.2) is 9.97 Å². The predicted molar refractivity (Wildman–Crippen MR) is 74.7 cm³/mol. The Morgan fingerprint density at radius 1 is 1.39 bits per heavy atom. The maximum atomic E-state index is 6.09. The van der Waals surface area contributed by atoms with Gasteiger partial charge in [-0.05, 0) is 12.1 Å². The summed E-state index contributed by atoms with van der Waals surface area (Å²) in [7, 11) is 0. The highest BCUT2D eigenvalue weighted by molar-refractivity contribution is 7.16. The van der Waals surface area contributed by atoms with Crippen molar-refractivity contribution in [1.82, 2.24) is 14.5 Å². The molecule has 0 aliphatic rings. The fourth-order valence-electron chi connectivity index (χ4n) is 1.84. The maximum absolute atomic E-state index is 6.09. The monoisotopic (exact) mass is 259 g/mol. The Hall–Kier alpha value is -2.08. The van der Waals surface area contributed by atoms with Gasteiger partial charge in [-0.3, -0.25) is 0 Å². The van der Waals surface area contributed by atoms with Crippen LogP contribution >= 0.6 is 11.3 Å². The largest absolute Gasteiger partial charge is 0.395 e. The summed E-state index contributed by atoms with van der Waals surface area (Å²) in [5, 5.41) is 3.32. The molecule has 1 aromatic carbocycles. The van der Waals surface area contributed by atoms with Crippen molar-refractivity contribution < 1.29 is 0 Å². The van der Waals surface area contributed by atoms with Crippen molar-refractivity contribution >= 4 is 32.9 Å². The van der Waals surface area contributed by atoms with Crippen LogP contribution in [-0.2, 0) is 6.54 Å². The number of hydrogen-bond donors (Lipinski definition) is 2. The summed E-state index contributed by atoms with van der Waals surface area (Å²) < 4.78 is 3.14. The predicted octanol–water partition coefficient (Wildman–Crippen LogP) is 2.19. The minimum absolute atomic E-state index is 0.722. The van der Waals surface area contributed by atoms with E-state index in [4.69, 9.17) is 5.73 Å². The van der Waals surface area contributed by atoms with Crippen LogP contribution in [-0.4, -0.2) is 21.1 Å². The van der Waals surface area contributed by atoms with Crippen LogP contribution in [0.2, 0.25) is 0 Å². The van der Waals surface area contributed by atoms with Crippen molar-refractivity contribution in [2.24, 2.45) is 0 Å². The molecule has 18 heavy (non-hydrogen) atoms. The highest BCUT2D eigenvalue weighted by atomic mass is 32.1. The van der Waals surface area contributed by atoms with E-state index < -0.39 is 0 Å². The van der Waals surface area contributed by atoms with E-state index in [1.54, 1.807) is 23.9 Å². The highest BCUT2D eigenvalue weighted by Gasteiger charge is 2.05. The quantitative estimate of drug-likeness (QED) is 0.705. The molecule has 0 atom stereocenters. The maximum Gasteiger partial charge on any atom is 0.106 e. The van der Waals surface area contributed by atoms with E-state index >= 15 is 0 Å². The van der Waals surface area contributed by atoms with Crippen LogP contribution in [0.4, 0.5) is 11.4 Å². The second-order valence-electron chi connectivity index (χ2n) is 3.95. The molecule has 3 aromatic rings. The minimum atomic E-state index is 0.722. The zero-order valence-corrected chi connectivity index (χ0v) is 10.5. The van der Waals surface area contributed by atoms with E-state index in [0.717, 1.165) is 34.7 Å². The summed E-state index contributed by atoms with van der Waals surface area (Å²) in [6, 6.07) is 4.05. The summed E-state index contributed by atoms with van der Waals surface area (Å²) in [5.41, 5.74) is 10.4. The normalized spacial score (nSPS) is 10.9. The number of hydrogen-bond acceptors (Lipinski definition) is 5. The standard InChI is InChI=1S/C12H13N5S/c13-11-9(1-2-10-12(11)16-8-18-10)15-4-6-17-5-3-14-7-17/h1-3,5,7-8,15H,4,6,13H2. The summed E-state index contributed by atoms with van der Waals surface area (Å²) in [5.74, 6) is 0.